The lowest BCUT2D eigenvalue weighted by atomic mass is 10.1. The lowest BCUT2D eigenvalue weighted by Gasteiger charge is -2.25. The lowest BCUT2D eigenvalue weighted by Crippen LogP contribution is -2.41. The zero-order valence-electron chi connectivity index (χ0n) is 18.3. The second-order valence-corrected chi connectivity index (χ2v) is 9.33. The maximum atomic E-state index is 12.5. The van der Waals surface area contributed by atoms with Crippen molar-refractivity contribution in [2.75, 3.05) is 30.3 Å². The van der Waals surface area contributed by atoms with Gasteiger partial charge in [0.2, 0.25) is 15.9 Å². The fraction of sp³-hybridized carbons (Fsp3) is 0.435. The molecule has 30 heavy (non-hydrogen) atoms. The van der Waals surface area contributed by atoms with E-state index in [1.807, 2.05) is 56.3 Å². The number of ether oxygens (including phenoxy) is 1. The number of amides is 1. The molecular weight excluding hydrogens is 400 g/mol. The van der Waals surface area contributed by atoms with Crippen LogP contribution >= 0.6 is 0 Å². The van der Waals surface area contributed by atoms with Gasteiger partial charge in [-0.3, -0.25) is 9.10 Å². The highest BCUT2D eigenvalue weighted by atomic mass is 32.2. The average molecular weight is 433 g/mol. The van der Waals surface area contributed by atoms with Crippen LogP contribution in [0.3, 0.4) is 0 Å². The Balaban J connectivity index is 1.95. The van der Waals surface area contributed by atoms with Crippen LogP contribution in [0.2, 0.25) is 0 Å². The van der Waals surface area contributed by atoms with E-state index < -0.39 is 10.0 Å². The van der Waals surface area contributed by atoms with E-state index in [9.17, 15) is 13.2 Å². The van der Waals surface area contributed by atoms with Gasteiger partial charge in [0.15, 0.2) is 0 Å². The number of hydrogen-bond acceptors (Lipinski definition) is 4. The third-order valence-corrected chi connectivity index (χ3v) is 5.87. The molecular formula is C23H32N2O4S. The van der Waals surface area contributed by atoms with Crippen molar-refractivity contribution in [3.63, 3.8) is 0 Å². The monoisotopic (exact) mass is 432 g/mol. The van der Waals surface area contributed by atoms with Gasteiger partial charge in [-0.1, -0.05) is 43.3 Å². The van der Waals surface area contributed by atoms with Crippen LogP contribution in [0.5, 0.6) is 5.75 Å². The van der Waals surface area contributed by atoms with Gasteiger partial charge in [0.25, 0.3) is 0 Å². The summed E-state index contributed by atoms with van der Waals surface area (Å²) in [5.41, 5.74) is 3.31. The first-order valence-electron chi connectivity index (χ1n) is 10.3. The molecule has 0 bridgehead atoms. The van der Waals surface area contributed by atoms with Crippen molar-refractivity contribution in [1.29, 1.82) is 0 Å². The normalized spacial score (nSPS) is 11.2. The predicted molar refractivity (Wildman–Crippen MR) is 122 cm³/mol. The van der Waals surface area contributed by atoms with Crippen LogP contribution in [0.4, 0.5) is 5.69 Å². The topological polar surface area (TPSA) is 75.7 Å². The van der Waals surface area contributed by atoms with E-state index in [-0.39, 0.29) is 12.5 Å². The zero-order valence-corrected chi connectivity index (χ0v) is 19.1. The standard InChI is InChI=1S/C23H32N2O4S/c1-5-16-29-21-14-7-6-12-20(21)13-9-15-24-22(26)17-25(30(4,27)28)23-18(2)10-8-11-19(23)3/h6-8,10-12,14H,5,9,13,15-17H2,1-4H3,(H,24,26). The lowest BCUT2D eigenvalue weighted by molar-refractivity contribution is -0.119. The van der Waals surface area contributed by atoms with Gasteiger partial charge in [-0.25, -0.2) is 8.42 Å². The van der Waals surface area contributed by atoms with Crippen molar-refractivity contribution in [2.45, 2.75) is 40.0 Å². The molecule has 0 atom stereocenters. The second-order valence-electron chi connectivity index (χ2n) is 7.42. The van der Waals surface area contributed by atoms with Crippen molar-refractivity contribution in [2.24, 2.45) is 0 Å². The summed E-state index contributed by atoms with van der Waals surface area (Å²) in [7, 11) is -3.59. The zero-order chi connectivity index (χ0) is 22.1. The van der Waals surface area contributed by atoms with Gasteiger partial charge in [-0.2, -0.15) is 0 Å². The summed E-state index contributed by atoms with van der Waals surface area (Å²) in [6.45, 7) is 6.66. The van der Waals surface area contributed by atoms with E-state index in [1.54, 1.807) is 0 Å². The number of carbonyl (C=O) groups excluding carboxylic acids is 1. The van der Waals surface area contributed by atoms with E-state index in [2.05, 4.69) is 12.2 Å². The molecule has 0 aliphatic rings. The third kappa shape index (κ3) is 6.76. The Labute approximate surface area is 180 Å². The van der Waals surface area contributed by atoms with Crippen LogP contribution in [0, 0.1) is 13.8 Å². The fourth-order valence-electron chi connectivity index (χ4n) is 3.32. The van der Waals surface area contributed by atoms with Crippen LogP contribution in [-0.4, -0.2) is 40.3 Å². The minimum Gasteiger partial charge on any atom is -0.493 e. The summed E-state index contributed by atoms with van der Waals surface area (Å²) in [6, 6.07) is 13.5. The molecule has 0 radical (unpaired) electrons. The van der Waals surface area contributed by atoms with Gasteiger partial charge in [-0.15, -0.1) is 0 Å². The van der Waals surface area contributed by atoms with Crippen molar-refractivity contribution in [3.8, 4) is 5.75 Å². The number of nitrogens with zero attached hydrogens (tertiary/aromatic N) is 1. The number of hydrogen-bond donors (Lipinski definition) is 1. The van der Waals surface area contributed by atoms with E-state index in [4.69, 9.17) is 4.74 Å². The van der Waals surface area contributed by atoms with Gasteiger partial charge in [-0.05, 0) is 55.9 Å². The highest BCUT2D eigenvalue weighted by Gasteiger charge is 2.23. The smallest absolute Gasteiger partial charge is 0.240 e. The van der Waals surface area contributed by atoms with Crippen molar-refractivity contribution < 1.29 is 17.9 Å². The summed E-state index contributed by atoms with van der Waals surface area (Å²) in [5.74, 6) is 0.558. The minimum absolute atomic E-state index is 0.235. The first-order chi connectivity index (χ1) is 14.2. The van der Waals surface area contributed by atoms with Gasteiger partial charge in [0, 0.05) is 6.54 Å². The molecule has 0 aromatic heterocycles. The third-order valence-electron chi connectivity index (χ3n) is 4.76. The molecule has 1 amide bonds. The summed E-state index contributed by atoms with van der Waals surface area (Å²) >= 11 is 0. The quantitative estimate of drug-likeness (QED) is 0.551. The summed E-state index contributed by atoms with van der Waals surface area (Å²) in [6.07, 6.45) is 3.58. The number of benzene rings is 2. The first kappa shape index (κ1) is 23.7. The van der Waals surface area contributed by atoms with Crippen LogP contribution in [0.1, 0.15) is 36.5 Å². The van der Waals surface area contributed by atoms with Gasteiger partial charge in [0.1, 0.15) is 12.3 Å². The molecule has 0 saturated carbocycles. The van der Waals surface area contributed by atoms with E-state index in [1.165, 1.54) is 4.31 Å². The van der Waals surface area contributed by atoms with Crippen molar-refractivity contribution in [3.05, 3.63) is 59.2 Å². The number of sulfonamides is 1. The molecule has 0 unspecified atom stereocenters. The van der Waals surface area contributed by atoms with Crippen LogP contribution < -0.4 is 14.4 Å². The molecule has 6 nitrogen and oxygen atoms in total. The van der Waals surface area contributed by atoms with Gasteiger partial charge >= 0.3 is 0 Å². The highest BCUT2D eigenvalue weighted by molar-refractivity contribution is 7.92. The maximum absolute atomic E-state index is 12.5. The molecule has 2 aromatic carbocycles. The Hall–Kier alpha value is -2.54. The van der Waals surface area contributed by atoms with Crippen LogP contribution in [-0.2, 0) is 21.2 Å². The predicted octanol–water partition coefficient (Wildman–Crippen LogP) is 3.61. The van der Waals surface area contributed by atoms with Crippen LogP contribution in [0.15, 0.2) is 42.5 Å². The van der Waals surface area contributed by atoms with Gasteiger partial charge in [0.05, 0.1) is 18.6 Å². The Morgan fingerprint density at radius 1 is 1.07 bits per heavy atom. The number of carbonyl (C=O) groups is 1. The molecule has 164 valence electrons. The van der Waals surface area contributed by atoms with E-state index in [0.29, 0.717) is 18.8 Å². The summed E-state index contributed by atoms with van der Waals surface area (Å²) in [5, 5.41) is 2.84. The van der Waals surface area contributed by atoms with E-state index in [0.717, 1.165) is 48.0 Å². The molecule has 0 heterocycles. The second kappa shape index (κ2) is 11.0. The van der Waals surface area contributed by atoms with Crippen LogP contribution in [0.25, 0.3) is 0 Å². The SMILES string of the molecule is CCCOc1ccccc1CCCNC(=O)CN(c1c(C)cccc1C)S(C)(=O)=O. The summed E-state index contributed by atoms with van der Waals surface area (Å²) < 4.78 is 31.6. The Morgan fingerprint density at radius 3 is 2.37 bits per heavy atom. The molecule has 0 fully saturated rings. The van der Waals surface area contributed by atoms with Gasteiger partial charge < -0.3 is 10.1 Å². The number of anilines is 1. The molecule has 0 saturated heterocycles. The Morgan fingerprint density at radius 2 is 1.73 bits per heavy atom. The number of para-hydroxylation sites is 2. The first-order valence-corrected chi connectivity index (χ1v) is 12.1. The molecule has 0 spiro atoms. The molecule has 2 rings (SSSR count). The molecule has 2 aromatic rings. The minimum atomic E-state index is -3.59. The van der Waals surface area contributed by atoms with E-state index >= 15 is 0 Å². The average Bonchev–Trinajstić information content (AvgIpc) is 2.68. The molecule has 7 heteroatoms. The fourth-order valence-corrected chi connectivity index (χ4v) is 4.29. The highest BCUT2D eigenvalue weighted by Crippen LogP contribution is 2.26. The Bertz CT molecular complexity index is 937. The van der Waals surface area contributed by atoms with Crippen molar-refractivity contribution >= 4 is 21.6 Å². The van der Waals surface area contributed by atoms with Crippen molar-refractivity contribution in [1.82, 2.24) is 5.32 Å². The Kier molecular flexibility index (Phi) is 8.72. The number of aryl methyl sites for hydroxylation is 3. The number of nitrogens with one attached hydrogen (secondary N) is 1. The molecule has 0 aliphatic heterocycles. The summed E-state index contributed by atoms with van der Waals surface area (Å²) in [4.78, 5) is 12.5. The molecule has 0 aliphatic carbocycles. The maximum Gasteiger partial charge on any atom is 0.240 e. The molecule has 1 N–H and O–H groups in total. The number of rotatable bonds is 11. The largest absolute Gasteiger partial charge is 0.493 e.